The van der Waals surface area contributed by atoms with E-state index in [4.69, 9.17) is 17.3 Å². The summed E-state index contributed by atoms with van der Waals surface area (Å²) in [6.45, 7) is 1.76. The van der Waals surface area contributed by atoms with Gasteiger partial charge in [0.1, 0.15) is 5.82 Å². The van der Waals surface area contributed by atoms with Gasteiger partial charge in [-0.3, -0.25) is 10.1 Å². The van der Waals surface area contributed by atoms with Gasteiger partial charge in [0, 0.05) is 17.1 Å². The molecule has 1 aromatic carbocycles. The zero-order valence-electron chi connectivity index (χ0n) is 8.90. The Balaban J connectivity index is 2.17. The lowest BCUT2D eigenvalue weighted by atomic mass is 10.2. The van der Waals surface area contributed by atoms with E-state index in [0.717, 1.165) is 11.5 Å². The third kappa shape index (κ3) is 2.72. The lowest BCUT2D eigenvalue weighted by molar-refractivity contribution is 0.102. The van der Waals surface area contributed by atoms with Crippen molar-refractivity contribution in [1.29, 1.82) is 0 Å². The van der Waals surface area contributed by atoms with E-state index in [9.17, 15) is 4.79 Å². The number of benzene rings is 1. The molecule has 0 aliphatic heterocycles. The van der Waals surface area contributed by atoms with Gasteiger partial charge in [0.25, 0.3) is 5.91 Å². The number of anilines is 2. The monoisotopic (exact) mass is 268 g/mol. The van der Waals surface area contributed by atoms with Crippen LogP contribution >= 0.6 is 23.1 Å². The van der Waals surface area contributed by atoms with Crippen LogP contribution in [0.1, 0.15) is 16.2 Å². The molecule has 0 fully saturated rings. The number of carbonyl (C=O) groups is 1. The smallest absolute Gasteiger partial charge is 0.257 e. The molecule has 1 heterocycles. The number of aromatic nitrogens is 2. The molecule has 0 spiro atoms. The Morgan fingerprint density at radius 1 is 1.53 bits per heavy atom. The molecule has 88 valence electrons. The largest absolute Gasteiger partial charge is 0.398 e. The van der Waals surface area contributed by atoms with Gasteiger partial charge >= 0.3 is 0 Å². The molecular weight excluding hydrogens is 260 g/mol. The van der Waals surface area contributed by atoms with Gasteiger partial charge in [-0.2, -0.15) is 4.37 Å². The lowest BCUT2D eigenvalue weighted by Gasteiger charge is -2.03. The predicted octanol–water partition coefficient (Wildman–Crippen LogP) is 2.33. The lowest BCUT2D eigenvalue weighted by Crippen LogP contribution is -2.12. The summed E-state index contributed by atoms with van der Waals surface area (Å²) in [5.41, 5.74) is 6.42. The molecule has 17 heavy (non-hydrogen) atoms. The van der Waals surface area contributed by atoms with Crippen molar-refractivity contribution >= 4 is 39.9 Å². The van der Waals surface area contributed by atoms with Crippen LogP contribution < -0.4 is 11.1 Å². The van der Waals surface area contributed by atoms with Gasteiger partial charge < -0.3 is 5.73 Å². The van der Waals surface area contributed by atoms with E-state index in [2.05, 4.69) is 14.7 Å². The predicted molar refractivity (Wildman–Crippen MR) is 68.5 cm³/mol. The van der Waals surface area contributed by atoms with Crippen molar-refractivity contribution in [3.05, 3.63) is 34.6 Å². The van der Waals surface area contributed by atoms with Gasteiger partial charge in [0.05, 0.1) is 10.7 Å². The highest BCUT2D eigenvalue weighted by Crippen LogP contribution is 2.20. The number of nitrogens with zero attached hydrogens (tertiary/aromatic N) is 2. The molecule has 1 aromatic heterocycles. The SMILES string of the molecule is Cc1nsc(NC(=O)c2ccc(Cl)c(N)c2)n1. The molecule has 0 saturated heterocycles. The number of carbonyl (C=O) groups excluding carboxylic acids is 1. The molecule has 0 radical (unpaired) electrons. The van der Waals surface area contributed by atoms with Crippen molar-refractivity contribution in [3.8, 4) is 0 Å². The first-order chi connectivity index (χ1) is 8.06. The fraction of sp³-hybridized carbons (Fsp3) is 0.100. The van der Waals surface area contributed by atoms with Crippen molar-refractivity contribution in [2.24, 2.45) is 0 Å². The minimum Gasteiger partial charge on any atom is -0.398 e. The van der Waals surface area contributed by atoms with Gasteiger partial charge in [0.15, 0.2) is 0 Å². The Hall–Kier alpha value is -1.66. The number of nitrogens with two attached hydrogens (primary N) is 1. The van der Waals surface area contributed by atoms with Crippen LogP contribution in [0.5, 0.6) is 0 Å². The van der Waals surface area contributed by atoms with Crippen molar-refractivity contribution in [2.45, 2.75) is 6.92 Å². The molecule has 3 N–H and O–H groups in total. The van der Waals surface area contributed by atoms with Crippen LogP contribution in [0, 0.1) is 6.92 Å². The van der Waals surface area contributed by atoms with E-state index in [0.29, 0.717) is 27.2 Å². The topological polar surface area (TPSA) is 80.9 Å². The van der Waals surface area contributed by atoms with Gasteiger partial charge in [0.2, 0.25) is 5.13 Å². The van der Waals surface area contributed by atoms with E-state index in [1.54, 1.807) is 19.1 Å². The third-order valence-electron chi connectivity index (χ3n) is 2.01. The minimum atomic E-state index is -0.287. The van der Waals surface area contributed by atoms with E-state index >= 15 is 0 Å². The van der Waals surface area contributed by atoms with Crippen molar-refractivity contribution in [1.82, 2.24) is 9.36 Å². The van der Waals surface area contributed by atoms with Crippen molar-refractivity contribution in [3.63, 3.8) is 0 Å². The van der Waals surface area contributed by atoms with Gasteiger partial charge in [-0.1, -0.05) is 11.6 Å². The molecule has 2 rings (SSSR count). The number of halogens is 1. The van der Waals surface area contributed by atoms with Crippen LogP contribution in [0.2, 0.25) is 5.02 Å². The first kappa shape index (κ1) is 11.8. The first-order valence-electron chi connectivity index (χ1n) is 4.73. The van der Waals surface area contributed by atoms with Crippen LogP contribution in [0.4, 0.5) is 10.8 Å². The highest BCUT2D eigenvalue weighted by Gasteiger charge is 2.10. The summed E-state index contributed by atoms with van der Waals surface area (Å²) in [5.74, 6) is 0.338. The molecule has 0 saturated carbocycles. The fourth-order valence-electron chi connectivity index (χ4n) is 1.20. The highest BCUT2D eigenvalue weighted by atomic mass is 35.5. The molecule has 0 aliphatic carbocycles. The van der Waals surface area contributed by atoms with E-state index in [1.807, 2.05) is 0 Å². The van der Waals surface area contributed by atoms with E-state index in [-0.39, 0.29) is 5.91 Å². The number of hydrogen-bond donors (Lipinski definition) is 2. The van der Waals surface area contributed by atoms with Crippen LogP contribution in [-0.4, -0.2) is 15.3 Å². The summed E-state index contributed by atoms with van der Waals surface area (Å²) >= 11 is 6.90. The molecule has 7 heteroatoms. The second-order valence-electron chi connectivity index (χ2n) is 3.34. The molecular formula is C10H9ClN4OS. The Morgan fingerprint density at radius 3 is 2.88 bits per heavy atom. The normalized spacial score (nSPS) is 10.2. The Bertz CT molecular complexity index is 569. The number of amides is 1. The Kier molecular flexibility index (Phi) is 3.26. The number of rotatable bonds is 2. The van der Waals surface area contributed by atoms with Gasteiger partial charge in [-0.25, -0.2) is 4.98 Å². The van der Waals surface area contributed by atoms with Crippen molar-refractivity contribution < 1.29 is 4.79 Å². The molecule has 5 nitrogen and oxygen atoms in total. The molecule has 1 amide bonds. The molecule has 0 bridgehead atoms. The van der Waals surface area contributed by atoms with Crippen molar-refractivity contribution in [2.75, 3.05) is 11.1 Å². The maximum atomic E-state index is 11.8. The summed E-state index contributed by atoms with van der Waals surface area (Å²) in [6, 6.07) is 4.70. The maximum absolute atomic E-state index is 11.8. The quantitative estimate of drug-likeness (QED) is 0.819. The first-order valence-corrected chi connectivity index (χ1v) is 5.88. The zero-order chi connectivity index (χ0) is 12.4. The molecule has 0 aliphatic rings. The van der Waals surface area contributed by atoms with Gasteiger partial charge in [-0.15, -0.1) is 0 Å². The minimum absolute atomic E-state index is 0.287. The molecule has 0 unspecified atom stereocenters. The summed E-state index contributed by atoms with van der Waals surface area (Å²) in [7, 11) is 0. The summed E-state index contributed by atoms with van der Waals surface area (Å²) in [4.78, 5) is 15.9. The van der Waals surface area contributed by atoms with E-state index < -0.39 is 0 Å². The fourth-order valence-corrected chi connectivity index (χ4v) is 1.89. The standard InChI is InChI=1S/C10H9ClN4OS/c1-5-13-10(17-15-5)14-9(16)6-2-3-7(11)8(12)4-6/h2-4H,12H2,1H3,(H,13,14,15,16). The number of nitrogen functional groups attached to an aromatic ring is 1. The second-order valence-corrected chi connectivity index (χ2v) is 4.50. The number of aryl methyl sites for hydroxylation is 1. The Morgan fingerprint density at radius 2 is 2.29 bits per heavy atom. The summed E-state index contributed by atoms with van der Waals surface area (Å²) < 4.78 is 3.97. The van der Waals surface area contributed by atoms with Crippen LogP contribution in [-0.2, 0) is 0 Å². The maximum Gasteiger partial charge on any atom is 0.257 e. The number of nitrogens with one attached hydrogen (secondary N) is 1. The van der Waals surface area contributed by atoms with Crippen LogP contribution in [0.25, 0.3) is 0 Å². The average molecular weight is 269 g/mol. The zero-order valence-corrected chi connectivity index (χ0v) is 10.5. The van der Waals surface area contributed by atoms with Gasteiger partial charge in [-0.05, 0) is 25.1 Å². The summed E-state index contributed by atoms with van der Waals surface area (Å²) in [5, 5.41) is 3.52. The molecule has 0 atom stereocenters. The average Bonchev–Trinajstić information content (AvgIpc) is 2.68. The van der Waals surface area contributed by atoms with Crippen LogP contribution in [0.3, 0.4) is 0 Å². The summed E-state index contributed by atoms with van der Waals surface area (Å²) in [6.07, 6.45) is 0. The highest BCUT2D eigenvalue weighted by molar-refractivity contribution is 7.09. The van der Waals surface area contributed by atoms with Crippen LogP contribution in [0.15, 0.2) is 18.2 Å². The Labute approximate surface area is 107 Å². The second kappa shape index (κ2) is 4.68. The number of hydrogen-bond acceptors (Lipinski definition) is 5. The van der Waals surface area contributed by atoms with E-state index in [1.165, 1.54) is 6.07 Å². The molecule has 2 aromatic rings. The third-order valence-corrected chi connectivity index (χ3v) is 3.07.